The Labute approximate surface area is 132 Å². The summed E-state index contributed by atoms with van der Waals surface area (Å²) in [5.41, 5.74) is 1.24. The van der Waals surface area contributed by atoms with Crippen LogP contribution in [0.25, 0.3) is 0 Å². The highest BCUT2D eigenvalue weighted by Gasteiger charge is 2.11. The normalized spacial score (nSPS) is 11.8. The minimum absolute atomic E-state index is 0.119. The molecule has 1 unspecified atom stereocenters. The average molecular weight is 349 g/mol. The van der Waals surface area contributed by atoms with Gasteiger partial charge in [-0.25, -0.2) is 9.97 Å². The molecule has 1 amide bonds. The van der Waals surface area contributed by atoms with E-state index in [0.29, 0.717) is 11.5 Å². The summed E-state index contributed by atoms with van der Waals surface area (Å²) in [6.45, 7) is 3.98. The van der Waals surface area contributed by atoms with E-state index in [-0.39, 0.29) is 11.9 Å². The first kappa shape index (κ1) is 15.4. The molecule has 110 valence electrons. The molecule has 21 heavy (non-hydrogen) atoms. The molecule has 0 saturated heterocycles. The lowest BCUT2D eigenvalue weighted by molar-refractivity contribution is 0.0934. The lowest BCUT2D eigenvalue weighted by Crippen LogP contribution is -2.32. The molecule has 0 aliphatic heterocycles. The molecule has 0 aliphatic rings. The Balaban J connectivity index is 2.12. The van der Waals surface area contributed by atoms with Crippen molar-refractivity contribution in [2.24, 2.45) is 0 Å². The van der Waals surface area contributed by atoms with Gasteiger partial charge in [0, 0.05) is 22.3 Å². The van der Waals surface area contributed by atoms with Crippen LogP contribution in [0.3, 0.4) is 0 Å². The average Bonchev–Trinajstić information content (AvgIpc) is 2.47. The lowest BCUT2D eigenvalue weighted by atomic mass is 10.2. The number of nitrogens with one attached hydrogen (secondary N) is 2. The molecule has 1 aromatic carbocycles. The molecule has 1 heterocycles. The summed E-state index contributed by atoms with van der Waals surface area (Å²) in [6.07, 6.45) is 2.26. The second-order valence-electron chi connectivity index (χ2n) is 4.71. The Hall–Kier alpha value is -1.95. The van der Waals surface area contributed by atoms with Crippen LogP contribution in [0.2, 0.25) is 0 Å². The summed E-state index contributed by atoms with van der Waals surface area (Å²) < 4.78 is 0.969. The first-order chi connectivity index (χ1) is 10.1. The third-order valence-corrected chi connectivity index (χ3v) is 3.48. The number of carbonyl (C=O) groups is 1. The SMILES string of the molecule is CCC(C)NC(=O)c1cc(Nc2cccc(Br)c2)ncn1. The molecular formula is C15H17BrN4O. The van der Waals surface area contributed by atoms with Gasteiger partial charge in [0.15, 0.2) is 0 Å². The van der Waals surface area contributed by atoms with Gasteiger partial charge in [-0.1, -0.05) is 28.9 Å². The number of rotatable bonds is 5. The van der Waals surface area contributed by atoms with Gasteiger partial charge in [0.05, 0.1) is 0 Å². The minimum atomic E-state index is -0.191. The summed E-state index contributed by atoms with van der Waals surface area (Å²) in [4.78, 5) is 20.2. The largest absolute Gasteiger partial charge is 0.348 e. The van der Waals surface area contributed by atoms with Crippen molar-refractivity contribution in [3.05, 3.63) is 46.8 Å². The third-order valence-electron chi connectivity index (χ3n) is 2.99. The van der Waals surface area contributed by atoms with E-state index < -0.39 is 0 Å². The number of benzene rings is 1. The maximum Gasteiger partial charge on any atom is 0.270 e. The van der Waals surface area contributed by atoms with Crippen LogP contribution in [0.1, 0.15) is 30.8 Å². The van der Waals surface area contributed by atoms with Crippen LogP contribution < -0.4 is 10.6 Å². The molecule has 2 aromatic rings. The van der Waals surface area contributed by atoms with Crippen molar-refractivity contribution < 1.29 is 4.79 Å². The fourth-order valence-corrected chi connectivity index (χ4v) is 2.06. The van der Waals surface area contributed by atoms with Crippen LogP contribution in [0.5, 0.6) is 0 Å². The zero-order valence-electron chi connectivity index (χ0n) is 11.9. The molecule has 1 aromatic heterocycles. The Morgan fingerprint density at radius 1 is 1.33 bits per heavy atom. The number of carbonyl (C=O) groups excluding carboxylic acids is 1. The zero-order chi connectivity index (χ0) is 15.2. The van der Waals surface area contributed by atoms with E-state index in [4.69, 9.17) is 0 Å². The number of halogens is 1. The van der Waals surface area contributed by atoms with Gasteiger partial charge in [-0.05, 0) is 31.5 Å². The molecule has 0 radical (unpaired) electrons. The van der Waals surface area contributed by atoms with E-state index >= 15 is 0 Å². The second-order valence-corrected chi connectivity index (χ2v) is 5.62. The number of hydrogen-bond acceptors (Lipinski definition) is 4. The monoisotopic (exact) mass is 348 g/mol. The van der Waals surface area contributed by atoms with Gasteiger partial charge in [-0.2, -0.15) is 0 Å². The van der Waals surface area contributed by atoms with Crippen molar-refractivity contribution in [3.8, 4) is 0 Å². The first-order valence-electron chi connectivity index (χ1n) is 6.74. The third kappa shape index (κ3) is 4.53. The molecule has 2 rings (SSSR count). The first-order valence-corrected chi connectivity index (χ1v) is 7.53. The standard InChI is InChI=1S/C15H17BrN4O/c1-3-10(2)19-15(21)13-8-14(18-9-17-13)20-12-6-4-5-11(16)7-12/h4-10H,3H2,1-2H3,(H,19,21)(H,17,18,20). The van der Waals surface area contributed by atoms with Gasteiger partial charge in [-0.15, -0.1) is 0 Å². The van der Waals surface area contributed by atoms with Gasteiger partial charge < -0.3 is 10.6 Å². The van der Waals surface area contributed by atoms with Crippen molar-refractivity contribution >= 4 is 33.3 Å². The number of anilines is 2. The fourth-order valence-electron chi connectivity index (χ4n) is 1.66. The summed E-state index contributed by atoms with van der Waals surface area (Å²) in [7, 11) is 0. The van der Waals surface area contributed by atoms with Crippen LogP contribution in [0.4, 0.5) is 11.5 Å². The Bertz CT molecular complexity index is 633. The zero-order valence-corrected chi connectivity index (χ0v) is 13.5. The van der Waals surface area contributed by atoms with Gasteiger partial charge in [-0.3, -0.25) is 4.79 Å². The molecular weight excluding hydrogens is 332 g/mol. The van der Waals surface area contributed by atoms with Crippen molar-refractivity contribution in [3.63, 3.8) is 0 Å². The van der Waals surface area contributed by atoms with E-state index in [1.807, 2.05) is 38.1 Å². The van der Waals surface area contributed by atoms with Gasteiger partial charge in [0.1, 0.15) is 17.8 Å². The molecule has 0 saturated carbocycles. The highest BCUT2D eigenvalue weighted by molar-refractivity contribution is 9.10. The van der Waals surface area contributed by atoms with Gasteiger partial charge in [0.25, 0.3) is 5.91 Å². The molecule has 6 heteroatoms. The smallest absolute Gasteiger partial charge is 0.270 e. The van der Waals surface area contributed by atoms with E-state index in [1.54, 1.807) is 6.07 Å². The number of amides is 1. The van der Waals surface area contributed by atoms with Crippen molar-refractivity contribution in [1.82, 2.24) is 15.3 Å². The van der Waals surface area contributed by atoms with E-state index in [2.05, 4.69) is 36.5 Å². The van der Waals surface area contributed by atoms with E-state index in [9.17, 15) is 4.79 Å². The Kier molecular flexibility index (Phi) is 5.27. The maximum absolute atomic E-state index is 12.0. The summed E-state index contributed by atoms with van der Waals surface area (Å²) in [5, 5.41) is 6.03. The van der Waals surface area contributed by atoms with Crippen LogP contribution in [0, 0.1) is 0 Å². The number of hydrogen-bond donors (Lipinski definition) is 2. The minimum Gasteiger partial charge on any atom is -0.348 e. The van der Waals surface area contributed by atoms with Gasteiger partial charge in [0.2, 0.25) is 0 Å². The van der Waals surface area contributed by atoms with E-state index in [1.165, 1.54) is 6.33 Å². The molecule has 5 nitrogen and oxygen atoms in total. The second kappa shape index (κ2) is 7.17. The van der Waals surface area contributed by atoms with Crippen LogP contribution in [-0.2, 0) is 0 Å². The summed E-state index contributed by atoms with van der Waals surface area (Å²) >= 11 is 3.41. The predicted octanol–water partition coefficient (Wildman–Crippen LogP) is 3.51. The molecule has 0 spiro atoms. The molecule has 1 atom stereocenters. The highest BCUT2D eigenvalue weighted by atomic mass is 79.9. The van der Waals surface area contributed by atoms with Crippen molar-refractivity contribution in [1.29, 1.82) is 0 Å². The van der Waals surface area contributed by atoms with E-state index in [0.717, 1.165) is 16.6 Å². The Morgan fingerprint density at radius 2 is 2.14 bits per heavy atom. The maximum atomic E-state index is 12.0. The summed E-state index contributed by atoms with van der Waals surface area (Å²) in [6, 6.07) is 9.47. The highest BCUT2D eigenvalue weighted by Crippen LogP contribution is 2.19. The quantitative estimate of drug-likeness (QED) is 0.867. The molecule has 0 bridgehead atoms. The lowest BCUT2D eigenvalue weighted by Gasteiger charge is -2.11. The van der Waals surface area contributed by atoms with Crippen LogP contribution >= 0.6 is 15.9 Å². The predicted molar refractivity (Wildman–Crippen MR) is 86.7 cm³/mol. The van der Waals surface area contributed by atoms with Crippen molar-refractivity contribution in [2.75, 3.05) is 5.32 Å². The fraction of sp³-hybridized carbons (Fsp3) is 0.267. The van der Waals surface area contributed by atoms with Crippen molar-refractivity contribution in [2.45, 2.75) is 26.3 Å². The number of aromatic nitrogens is 2. The summed E-state index contributed by atoms with van der Waals surface area (Å²) in [5.74, 6) is 0.390. The molecule has 2 N–H and O–H groups in total. The van der Waals surface area contributed by atoms with Crippen LogP contribution in [0.15, 0.2) is 41.1 Å². The van der Waals surface area contributed by atoms with Crippen LogP contribution in [-0.4, -0.2) is 21.9 Å². The number of nitrogens with zero attached hydrogens (tertiary/aromatic N) is 2. The molecule has 0 fully saturated rings. The van der Waals surface area contributed by atoms with Gasteiger partial charge >= 0.3 is 0 Å². The molecule has 0 aliphatic carbocycles. The Morgan fingerprint density at radius 3 is 2.86 bits per heavy atom. The topological polar surface area (TPSA) is 66.9 Å².